The van der Waals surface area contributed by atoms with Crippen molar-refractivity contribution in [1.29, 1.82) is 0 Å². The third-order valence-electron chi connectivity index (χ3n) is 10.6. The van der Waals surface area contributed by atoms with Gasteiger partial charge >= 0.3 is 0 Å². The average molecular weight is 621 g/mol. The van der Waals surface area contributed by atoms with Crippen molar-refractivity contribution in [3.8, 4) is 33.4 Å². The third-order valence-corrected chi connectivity index (χ3v) is 10.6. The van der Waals surface area contributed by atoms with Gasteiger partial charge in [-0.25, -0.2) is 0 Å². The van der Waals surface area contributed by atoms with Crippen LogP contribution < -0.4 is 0 Å². The highest BCUT2D eigenvalue weighted by Crippen LogP contribution is 2.46. The predicted molar refractivity (Wildman–Crippen MR) is 209 cm³/mol. The quantitative estimate of drug-likeness (QED) is 0.141. The van der Waals surface area contributed by atoms with E-state index in [9.17, 15) is 0 Å². The summed E-state index contributed by atoms with van der Waals surface area (Å²) in [7, 11) is 0. The lowest BCUT2D eigenvalue weighted by Gasteiger charge is -2.19. The largest absolute Gasteiger partial charge is 0.456 e. The van der Waals surface area contributed by atoms with Gasteiger partial charge in [-0.05, 0) is 112 Å². The molecule has 1 nitrogen and oxygen atoms in total. The van der Waals surface area contributed by atoms with Crippen LogP contribution >= 0.6 is 0 Å². The topological polar surface area (TPSA) is 13.1 Å². The summed E-state index contributed by atoms with van der Waals surface area (Å²) < 4.78 is 6.28. The SMILES string of the molecule is c1cc(-c2c3ccccc3c(-c3ccc4c(ccc5ccccc54)c3)c3ccccc23)cc(-c2ccc3oc4cccc5ccc2c3c54)c1. The molecule has 0 saturated carbocycles. The first-order valence-corrected chi connectivity index (χ1v) is 16.9. The molecule has 0 fully saturated rings. The minimum absolute atomic E-state index is 0.941. The first kappa shape index (κ1) is 26.6. The summed E-state index contributed by atoms with van der Waals surface area (Å²) in [6.45, 7) is 0. The van der Waals surface area contributed by atoms with Crippen molar-refractivity contribution in [3.63, 3.8) is 0 Å². The Labute approximate surface area is 282 Å². The van der Waals surface area contributed by atoms with E-state index in [0.717, 1.165) is 11.2 Å². The van der Waals surface area contributed by atoms with Gasteiger partial charge in [0.15, 0.2) is 0 Å². The van der Waals surface area contributed by atoms with Crippen LogP contribution in [0.3, 0.4) is 0 Å². The summed E-state index contributed by atoms with van der Waals surface area (Å²) in [6.07, 6.45) is 0. The van der Waals surface area contributed by atoms with Gasteiger partial charge in [-0.2, -0.15) is 0 Å². The molecule has 226 valence electrons. The zero-order chi connectivity index (χ0) is 32.1. The van der Waals surface area contributed by atoms with Gasteiger partial charge < -0.3 is 4.42 Å². The molecule has 0 atom stereocenters. The molecule has 0 saturated heterocycles. The van der Waals surface area contributed by atoms with Gasteiger partial charge in [0.2, 0.25) is 0 Å². The van der Waals surface area contributed by atoms with Crippen molar-refractivity contribution < 1.29 is 4.42 Å². The van der Waals surface area contributed by atoms with Crippen LogP contribution in [0.25, 0.3) is 109 Å². The molecule has 0 spiro atoms. The van der Waals surface area contributed by atoms with Gasteiger partial charge in [0.25, 0.3) is 0 Å². The molecule has 0 aliphatic carbocycles. The summed E-state index contributed by atoms with van der Waals surface area (Å²) in [6, 6.07) is 62.2. The van der Waals surface area contributed by atoms with E-state index < -0.39 is 0 Å². The lowest BCUT2D eigenvalue weighted by molar-refractivity contribution is 0.669. The molecule has 10 aromatic carbocycles. The number of benzene rings is 10. The molecule has 0 aliphatic rings. The van der Waals surface area contributed by atoms with E-state index in [4.69, 9.17) is 4.42 Å². The zero-order valence-electron chi connectivity index (χ0n) is 26.6. The van der Waals surface area contributed by atoms with Crippen LogP contribution in [0.1, 0.15) is 0 Å². The van der Waals surface area contributed by atoms with Gasteiger partial charge in [0.1, 0.15) is 11.2 Å². The second-order valence-corrected chi connectivity index (χ2v) is 13.2. The summed E-state index contributed by atoms with van der Waals surface area (Å²) in [4.78, 5) is 0. The van der Waals surface area contributed by atoms with Crippen molar-refractivity contribution in [3.05, 3.63) is 170 Å². The van der Waals surface area contributed by atoms with E-state index in [0.29, 0.717) is 0 Å². The molecule has 0 aliphatic heterocycles. The Bertz CT molecular complexity index is 3050. The highest BCUT2D eigenvalue weighted by Gasteiger charge is 2.19. The standard InChI is InChI=1S/C48H28O/c1-2-13-35-29(9-1)19-20-32-28-34(22-23-36(32)35)46-40-16-5-3-14-38(40)45(39-15-4-6-17-41(39)46)33-12-7-11-31(27-33)37-25-26-44-48-42(37)24-21-30-10-8-18-43(49-44)47(30)48/h1-28H. The third kappa shape index (κ3) is 3.82. The minimum atomic E-state index is 0.941. The van der Waals surface area contributed by atoms with Crippen molar-refractivity contribution in [1.82, 2.24) is 0 Å². The molecule has 0 amide bonds. The molecule has 49 heavy (non-hydrogen) atoms. The zero-order valence-corrected chi connectivity index (χ0v) is 26.6. The van der Waals surface area contributed by atoms with Crippen LogP contribution in [0.5, 0.6) is 0 Å². The van der Waals surface area contributed by atoms with E-state index in [-0.39, 0.29) is 0 Å². The van der Waals surface area contributed by atoms with Gasteiger partial charge in [0.05, 0.1) is 0 Å². The van der Waals surface area contributed by atoms with Crippen LogP contribution in [0, 0.1) is 0 Å². The number of hydrogen-bond donors (Lipinski definition) is 0. The molecule has 1 heterocycles. The molecule has 11 aromatic rings. The Kier molecular flexibility index (Phi) is 5.45. The lowest BCUT2D eigenvalue weighted by atomic mass is 9.84. The maximum atomic E-state index is 6.28. The van der Waals surface area contributed by atoms with Crippen LogP contribution in [-0.2, 0) is 0 Å². The van der Waals surface area contributed by atoms with Crippen molar-refractivity contribution >= 4 is 75.8 Å². The Morgan fingerprint density at radius 3 is 1.61 bits per heavy atom. The molecule has 0 N–H and O–H groups in total. The van der Waals surface area contributed by atoms with Crippen LogP contribution in [0.2, 0.25) is 0 Å². The Morgan fingerprint density at radius 2 is 0.837 bits per heavy atom. The predicted octanol–water partition coefficient (Wildman–Crippen LogP) is 13.8. The normalized spacial score (nSPS) is 12.1. The average Bonchev–Trinajstić information content (AvgIpc) is 3.55. The van der Waals surface area contributed by atoms with Crippen LogP contribution in [-0.4, -0.2) is 0 Å². The highest BCUT2D eigenvalue weighted by atomic mass is 16.3. The van der Waals surface area contributed by atoms with E-state index >= 15 is 0 Å². The van der Waals surface area contributed by atoms with Crippen molar-refractivity contribution in [2.75, 3.05) is 0 Å². The number of fused-ring (bicyclic) bond motifs is 5. The fraction of sp³-hybridized carbons (Fsp3) is 0. The smallest absolute Gasteiger partial charge is 0.136 e. The fourth-order valence-electron chi connectivity index (χ4n) is 8.46. The fourth-order valence-corrected chi connectivity index (χ4v) is 8.46. The summed E-state index contributed by atoms with van der Waals surface area (Å²) in [5.41, 5.74) is 9.31. The molecule has 0 bridgehead atoms. The van der Waals surface area contributed by atoms with E-state index in [2.05, 4.69) is 170 Å². The Hall–Kier alpha value is -6.44. The van der Waals surface area contributed by atoms with E-state index in [1.807, 2.05) is 0 Å². The van der Waals surface area contributed by atoms with Crippen LogP contribution in [0.15, 0.2) is 174 Å². The van der Waals surface area contributed by atoms with Gasteiger partial charge in [-0.3, -0.25) is 0 Å². The first-order chi connectivity index (χ1) is 24.3. The monoisotopic (exact) mass is 620 g/mol. The van der Waals surface area contributed by atoms with E-state index in [1.54, 1.807) is 0 Å². The maximum absolute atomic E-state index is 6.28. The number of hydrogen-bond acceptors (Lipinski definition) is 1. The van der Waals surface area contributed by atoms with Gasteiger partial charge in [0, 0.05) is 10.8 Å². The molecule has 0 unspecified atom stereocenters. The van der Waals surface area contributed by atoms with Gasteiger partial charge in [-0.1, -0.05) is 146 Å². The highest BCUT2D eigenvalue weighted by molar-refractivity contribution is 6.25. The number of rotatable bonds is 3. The molecule has 1 aromatic heterocycles. The molecule has 11 rings (SSSR count). The molecule has 0 radical (unpaired) electrons. The summed E-state index contributed by atoms with van der Waals surface area (Å²) in [5.74, 6) is 0. The maximum Gasteiger partial charge on any atom is 0.136 e. The second kappa shape index (κ2) is 10.0. The second-order valence-electron chi connectivity index (χ2n) is 13.2. The molecule has 1 heteroatoms. The van der Waals surface area contributed by atoms with Crippen molar-refractivity contribution in [2.45, 2.75) is 0 Å². The van der Waals surface area contributed by atoms with Crippen molar-refractivity contribution in [2.24, 2.45) is 0 Å². The number of furan rings is 1. The lowest BCUT2D eigenvalue weighted by Crippen LogP contribution is -1.91. The first-order valence-electron chi connectivity index (χ1n) is 16.9. The molecular weight excluding hydrogens is 593 g/mol. The Balaban J connectivity index is 1.15. The summed E-state index contributed by atoms with van der Waals surface area (Å²) in [5, 5.41) is 15.0. The van der Waals surface area contributed by atoms with E-state index in [1.165, 1.54) is 98.0 Å². The minimum Gasteiger partial charge on any atom is -0.456 e. The van der Waals surface area contributed by atoms with Crippen LogP contribution in [0.4, 0.5) is 0 Å². The molecular formula is C48H28O. The summed E-state index contributed by atoms with van der Waals surface area (Å²) >= 11 is 0. The Morgan fingerprint density at radius 1 is 0.286 bits per heavy atom. The van der Waals surface area contributed by atoms with Gasteiger partial charge in [-0.15, -0.1) is 0 Å².